The van der Waals surface area contributed by atoms with Crippen molar-refractivity contribution in [3.8, 4) is 5.69 Å². The van der Waals surface area contributed by atoms with Gasteiger partial charge in [-0.1, -0.05) is 36.4 Å². The van der Waals surface area contributed by atoms with E-state index in [9.17, 15) is 4.79 Å². The van der Waals surface area contributed by atoms with Crippen molar-refractivity contribution in [2.45, 2.75) is 17.2 Å². The summed E-state index contributed by atoms with van der Waals surface area (Å²) in [5.41, 5.74) is 2.46. The Morgan fingerprint density at radius 1 is 1.03 bits per heavy atom. The molecule has 32 heavy (non-hydrogen) atoms. The third kappa shape index (κ3) is 5.12. The number of hydrogen-bond acceptors (Lipinski definition) is 7. The van der Waals surface area contributed by atoms with E-state index in [1.54, 1.807) is 10.9 Å². The van der Waals surface area contributed by atoms with Crippen LogP contribution in [0.15, 0.2) is 77.8 Å². The second kappa shape index (κ2) is 10.1. The lowest BCUT2D eigenvalue weighted by atomic mass is 10.2. The molecule has 0 radical (unpaired) electrons. The Balaban J connectivity index is 1.42. The predicted molar refractivity (Wildman–Crippen MR) is 125 cm³/mol. The molecule has 0 atom stereocenters. The van der Waals surface area contributed by atoms with Crippen LogP contribution >= 0.6 is 11.8 Å². The summed E-state index contributed by atoms with van der Waals surface area (Å²) >= 11 is 1.53. The Hall–Kier alpha value is -3.72. The molecule has 8 nitrogen and oxygen atoms in total. The SMILES string of the molecule is CN(C)c1ccc(CNC(=O)c2ccccc2SCc2nnnn2-c2ccccc2)cn1. The molecule has 1 amide bonds. The summed E-state index contributed by atoms with van der Waals surface area (Å²) < 4.78 is 1.71. The number of nitrogens with zero attached hydrogens (tertiary/aromatic N) is 6. The first-order valence-electron chi connectivity index (χ1n) is 10.1. The summed E-state index contributed by atoms with van der Waals surface area (Å²) in [6.45, 7) is 0.408. The van der Waals surface area contributed by atoms with Gasteiger partial charge in [0.2, 0.25) is 0 Å². The van der Waals surface area contributed by atoms with Crippen LogP contribution in [0.25, 0.3) is 5.69 Å². The molecule has 162 valence electrons. The highest BCUT2D eigenvalue weighted by atomic mass is 32.2. The average Bonchev–Trinajstić information content (AvgIpc) is 3.31. The fourth-order valence-electron chi connectivity index (χ4n) is 3.05. The fraction of sp³-hybridized carbons (Fsp3) is 0.174. The van der Waals surface area contributed by atoms with Crippen molar-refractivity contribution in [1.82, 2.24) is 30.5 Å². The summed E-state index contributed by atoms with van der Waals surface area (Å²) in [6.07, 6.45) is 1.78. The third-order valence-corrected chi connectivity index (χ3v) is 5.81. The summed E-state index contributed by atoms with van der Waals surface area (Å²) in [5, 5.41) is 15.0. The standard InChI is InChI=1S/C23H23N7OS/c1-29(2)21-13-12-17(14-24-21)15-25-23(31)19-10-6-7-11-20(19)32-16-22-26-27-28-30(22)18-8-4-3-5-9-18/h3-14H,15-16H2,1-2H3,(H,25,31). The quantitative estimate of drug-likeness (QED) is 0.416. The van der Waals surface area contributed by atoms with E-state index in [1.807, 2.05) is 85.7 Å². The van der Waals surface area contributed by atoms with Crippen molar-refractivity contribution in [3.63, 3.8) is 0 Å². The molecule has 0 saturated heterocycles. The summed E-state index contributed by atoms with van der Waals surface area (Å²) in [6, 6.07) is 21.2. The van der Waals surface area contributed by atoms with Gasteiger partial charge in [0.1, 0.15) is 5.82 Å². The van der Waals surface area contributed by atoms with Crippen molar-refractivity contribution in [2.24, 2.45) is 0 Å². The van der Waals surface area contributed by atoms with E-state index in [-0.39, 0.29) is 5.91 Å². The highest BCUT2D eigenvalue weighted by molar-refractivity contribution is 7.98. The minimum atomic E-state index is -0.132. The lowest BCUT2D eigenvalue weighted by Gasteiger charge is -2.12. The molecule has 2 aromatic carbocycles. The average molecular weight is 446 g/mol. The Bertz CT molecular complexity index is 1180. The number of anilines is 1. The Morgan fingerprint density at radius 2 is 1.81 bits per heavy atom. The molecule has 0 aliphatic heterocycles. The molecule has 1 N–H and O–H groups in total. The predicted octanol–water partition coefficient (Wildman–Crippen LogP) is 3.35. The first-order valence-corrected chi connectivity index (χ1v) is 11.1. The van der Waals surface area contributed by atoms with Gasteiger partial charge >= 0.3 is 0 Å². The second-order valence-electron chi connectivity index (χ2n) is 7.23. The van der Waals surface area contributed by atoms with Gasteiger partial charge in [-0.05, 0) is 46.3 Å². The lowest BCUT2D eigenvalue weighted by Crippen LogP contribution is -2.23. The van der Waals surface area contributed by atoms with Crippen molar-refractivity contribution < 1.29 is 4.79 Å². The molecule has 2 aromatic heterocycles. The molecule has 9 heteroatoms. The monoisotopic (exact) mass is 445 g/mol. The van der Waals surface area contributed by atoms with Gasteiger partial charge in [0.25, 0.3) is 5.91 Å². The number of benzene rings is 2. The van der Waals surface area contributed by atoms with Crippen LogP contribution in [0.3, 0.4) is 0 Å². The molecule has 4 rings (SSSR count). The van der Waals surface area contributed by atoms with Gasteiger partial charge < -0.3 is 10.2 Å². The van der Waals surface area contributed by atoms with Gasteiger partial charge in [-0.2, -0.15) is 4.68 Å². The van der Waals surface area contributed by atoms with Gasteiger partial charge in [0.05, 0.1) is 17.0 Å². The minimum absolute atomic E-state index is 0.132. The summed E-state index contributed by atoms with van der Waals surface area (Å²) in [4.78, 5) is 20.1. The highest BCUT2D eigenvalue weighted by Gasteiger charge is 2.14. The molecule has 2 heterocycles. The molecule has 0 aliphatic rings. The number of tetrazole rings is 1. The Kier molecular flexibility index (Phi) is 6.76. The van der Waals surface area contributed by atoms with E-state index in [0.29, 0.717) is 23.7 Å². The van der Waals surface area contributed by atoms with Crippen molar-refractivity contribution in [2.75, 3.05) is 19.0 Å². The maximum atomic E-state index is 12.9. The maximum absolute atomic E-state index is 12.9. The van der Waals surface area contributed by atoms with E-state index in [4.69, 9.17) is 0 Å². The van der Waals surface area contributed by atoms with Crippen LogP contribution < -0.4 is 10.2 Å². The van der Waals surface area contributed by atoms with Crippen LogP contribution in [-0.4, -0.2) is 45.2 Å². The first kappa shape index (κ1) is 21.5. The number of aromatic nitrogens is 5. The van der Waals surface area contributed by atoms with Crippen LogP contribution in [0.1, 0.15) is 21.7 Å². The maximum Gasteiger partial charge on any atom is 0.252 e. The zero-order valence-corrected chi connectivity index (χ0v) is 18.7. The molecule has 0 fully saturated rings. The van der Waals surface area contributed by atoms with Crippen molar-refractivity contribution >= 4 is 23.5 Å². The lowest BCUT2D eigenvalue weighted by molar-refractivity contribution is 0.0948. The zero-order valence-electron chi connectivity index (χ0n) is 17.8. The second-order valence-corrected chi connectivity index (χ2v) is 8.25. The van der Waals surface area contributed by atoms with E-state index < -0.39 is 0 Å². The molecular weight excluding hydrogens is 422 g/mol. The van der Waals surface area contributed by atoms with Crippen LogP contribution in [0.4, 0.5) is 5.82 Å². The van der Waals surface area contributed by atoms with Gasteiger partial charge in [-0.3, -0.25) is 4.79 Å². The van der Waals surface area contributed by atoms with Gasteiger partial charge in [-0.15, -0.1) is 16.9 Å². The number of hydrogen-bond donors (Lipinski definition) is 1. The van der Waals surface area contributed by atoms with E-state index in [1.165, 1.54) is 11.8 Å². The minimum Gasteiger partial charge on any atom is -0.363 e. The molecule has 0 bridgehead atoms. The van der Waals surface area contributed by atoms with Crippen LogP contribution in [0, 0.1) is 0 Å². The van der Waals surface area contributed by atoms with Crippen LogP contribution in [0.2, 0.25) is 0 Å². The molecular formula is C23H23N7OS. The number of thioether (sulfide) groups is 1. The highest BCUT2D eigenvalue weighted by Crippen LogP contribution is 2.26. The Labute approximate surface area is 190 Å². The topological polar surface area (TPSA) is 88.8 Å². The van der Waals surface area contributed by atoms with Crippen molar-refractivity contribution in [1.29, 1.82) is 0 Å². The number of amides is 1. The van der Waals surface area contributed by atoms with Crippen molar-refractivity contribution in [3.05, 3.63) is 89.9 Å². The summed E-state index contributed by atoms with van der Waals surface area (Å²) in [5.74, 6) is 1.98. The van der Waals surface area contributed by atoms with Crippen LogP contribution in [0.5, 0.6) is 0 Å². The number of nitrogens with one attached hydrogen (secondary N) is 1. The third-order valence-electron chi connectivity index (χ3n) is 4.74. The van der Waals surface area contributed by atoms with E-state index >= 15 is 0 Å². The number of pyridine rings is 1. The molecule has 0 unspecified atom stereocenters. The summed E-state index contributed by atoms with van der Waals surface area (Å²) in [7, 11) is 3.88. The van der Waals surface area contributed by atoms with E-state index in [2.05, 4.69) is 25.8 Å². The van der Waals surface area contributed by atoms with Crippen LogP contribution in [-0.2, 0) is 12.3 Å². The molecule has 0 spiro atoms. The molecule has 0 saturated carbocycles. The number of carbonyl (C=O) groups is 1. The molecule has 4 aromatic rings. The van der Waals surface area contributed by atoms with Gasteiger partial charge in [0.15, 0.2) is 5.82 Å². The Morgan fingerprint density at radius 3 is 2.56 bits per heavy atom. The molecule has 0 aliphatic carbocycles. The van der Waals surface area contributed by atoms with Gasteiger partial charge in [-0.25, -0.2) is 4.98 Å². The normalized spacial score (nSPS) is 10.7. The number of rotatable bonds is 8. The van der Waals surface area contributed by atoms with Gasteiger partial charge in [0, 0.05) is 31.7 Å². The first-order chi connectivity index (χ1) is 15.6. The largest absolute Gasteiger partial charge is 0.363 e. The number of para-hydroxylation sites is 1. The smallest absolute Gasteiger partial charge is 0.252 e. The number of carbonyl (C=O) groups excluding carboxylic acids is 1. The zero-order chi connectivity index (χ0) is 22.3. The van der Waals surface area contributed by atoms with E-state index in [0.717, 1.165) is 22.0 Å². The fourth-order valence-corrected chi connectivity index (χ4v) is 4.01.